The minimum atomic E-state index is 0.288. The second kappa shape index (κ2) is 5.32. The molecule has 1 aliphatic heterocycles. The molecule has 3 heteroatoms. The summed E-state index contributed by atoms with van der Waals surface area (Å²) in [5, 5.41) is 0. The van der Waals surface area contributed by atoms with Crippen molar-refractivity contribution in [2.45, 2.75) is 39.7 Å². The first-order chi connectivity index (χ1) is 8.10. The number of carbonyl (C=O) groups is 1. The Morgan fingerprint density at radius 2 is 2.24 bits per heavy atom. The largest absolute Gasteiger partial charge is 0.293 e. The fourth-order valence-electron chi connectivity index (χ4n) is 2.59. The van der Waals surface area contributed by atoms with Crippen LogP contribution in [-0.4, -0.2) is 29.8 Å². The minimum absolute atomic E-state index is 0.288. The van der Waals surface area contributed by atoms with Crippen molar-refractivity contribution in [3.8, 4) is 0 Å². The van der Waals surface area contributed by atoms with E-state index in [0.29, 0.717) is 12.6 Å². The summed E-state index contributed by atoms with van der Waals surface area (Å²) in [5.41, 5.74) is 0. The number of Topliss-reactive ketones (excluding diaryl/α,β-unsaturated/α-hetero) is 1. The molecule has 2 atom stereocenters. The molecule has 2 unspecified atom stereocenters. The highest BCUT2D eigenvalue weighted by molar-refractivity contribution is 7.14. The SMILES string of the molecule is CCc1ccc(C(=O)CN2CC(C)CC2C)s1. The summed E-state index contributed by atoms with van der Waals surface area (Å²) in [6.07, 6.45) is 2.24. The molecule has 0 radical (unpaired) electrons. The molecule has 0 aliphatic carbocycles. The molecule has 1 saturated heterocycles. The number of hydrogen-bond donors (Lipinski definition) is 0. The van der Waals surface area contributed by atoms with Gasteiger partial charge >= 0.3 is 0 Å². The Balaban J connectivity index is 1.97. The third-order valence-electron chi connectivity index (χ3n) is 3.54. The van der Waals surface area contributed by atoms with Crippen molar-refractivity contribution in [1.82, 2.24) is 4.90 Å². The van der Waals surface area contributed by atoms with Gasteiger partial charge < -0.3 is 0 Å². The summed E-state index contributed by atoms with van der Waals surface area (Å²) in [6, 6.07) is 4.61. The molecule has 0 saturated carbocycles. The van der Waals surface area contributed by atoms with Crippen molar-refractivity contribution in [2.24, 2.45) is 5.92 Å². The number of hydrogen-bond acceptors (Lipinski definition) is 3. The van der Waals surface area contributed by atoms with E-state index in [0.717, 1.165) is 23.8 Å². The molecule has 1 aromatic rings. The van der Waals surface area contributed by atoms with Crippen molar-refractivity contribution in [1.29, 1.82) is 0 Å². The van der Waals surface area contributed by atoms with Crippen molar-refractivity contribution in [3.05, 3.63) is 21.9 Å². The third-order valence-corrected chi connectivity index (χ3v) is 4.82. The molecule has 2 rings (SSSR count). The highest BCUT2D eigenvalue weighted by Crippen LogP contribution is 2.24. The van der Waals surface area contributed by atoms with E-state index in [1.807, 2.05) is 6.07 Å². The number of likely N-dealkylation sites (tertiary alicyclic amines) is 1. The summed E-state index contributed by atoms with van der Waals surface area (Å²) < 4.78 is 0. The molecule has 1 aromatic heterocycles. The number of ketones is 1. The number of thiophene rings is 1. The highest BCUT2D eigenvalue weighted by atomic mass is 32.1. The van der Waals surface area contributed by atoms with Gasteiger partial charge in [0.25, 0.3) is 0 Å². The van der Waals surface area contributed by atoms with E-state index in [1.54, 1.807) is 11.3 Å². The van der Waals surface area contributed by atoms with E-state index in [2.05, 4.69) is 31.7 Å². The fraction of sp³-hybridized carbons (Fsp3) is 0.643. The average Bonchev–Trinajstić information content (AvgIpc) is 2.86. The van der Waals surface area contributed by atoms with Gasteiger partial charge in [-0.2, -0.15) is 0 Å². The average molecular weight is 251 g/mol. The molecule has 17 heavy (non-hydrogen) atoms. The Labute approximate surface area is 108 Å². The zero-order chi connectivity index (χ0) is 12.4. The van der Waals surface area contributed by atoms with E-state index >= 15 is 0 Å². The van der Waals surface area contributed by atoms with E-state index in [-0.39, 0.29) is 5.78 Å². The number of carbonyl (C=O) groups excluding carboxylic acids is 1. The standard InChI is InChI=1S/C14H21NOS/c1-4-12-5-6-14(17-12)13(16)9-15-8-10(2)7-11(15)3/h5-6,10-11H,4,7-9H2,1-3H3. The summed E-state index contributed by atoms with van der Waals surface area (Å²) in [4.78, 5) is 16.7. The van der Waals surface area contributed by atoms with Crippen LogP contribution >= 0.6 is 11.3 Å². The molecule has 2 heterocycles. The molecule has 0 amide bonds. The van der Waals surface area contributed by atoms with Crippen molar-refractivity contribution >= 4 is 17.1 Å². The van der Waals surface area contributed by atoms with E-state index in [9.17, 15) is 4.79 Å². The highest BCUT2D eigenvalue weighted by Gasteiger charge is 2.27. The molecule has 1 fully saturated rings. The van der Waals surface area contributed by atoms with Crippen molar-refractivity contribution in [3.63, 3.8) is 0 Å². The molecule has 0 N–H and O–H groups in total. The van der Waals surface area contributed by atoms with Crippen LogP contribution in [0.15, 0.2) is 12.1 Å². The van der Waals surface area contributed by atoms with Gasteiger partial charge in [0.2, 0.25) is 0 Å². The second-order valence-corrected chi connectivity index (χ2v) is 6.33. The predicted octanol–water partition coefficient (Wildman–Crippen LogP) is 3.22. The molecule has 2 nitrogen and oxygen atoms in total. The van der Waals surface area contributed by atoms with E-state index in [1.165, 1.54) is 11.3 Å². The van der Waals surface area contributed by atoms with Gasteiger partial charge in [0.15, 0.2) is 5.78 Å². The summed E-state index contributed by atoms with van der Waals surface area (Å²) >= 11 is 1.65. The monoisotopic (exact) mass is 251 g/mol. The van der Waals surface area contributed by atoms with Gasteiger partial charge in [-0.25, -0.2) is 0 Å². The summed E-state index contributed by atoms with van der Waals surface area (Å²) in [5.74, 6) is 1.02. The maximum Gasteiger partial charge on any atom is 0.186 e. The molecule has 0 aromatic carbocycles. The van der Waals surface area contributed by atoms with Gasteiger partial charge in [0.05, 0.1) is 11.4 Å². The van der Waals surface area contributed by atoms with Crippen LogP contribution in [0.3, 0.4) is 0 Å². The van der Waals surface area contributed by atoms with Crippen LogP contribution < -0.4 is 0 Å². The lowest BCUT2D eigenvalue weighted by Crippen LogP contribution is -2.32. The Kier molecular flexibility index (Phi) is 4.00. The van der Waals surface area contributed by atoms with Gasteiger partial charge in [-0.1, -0.05) is 13.8 Å². The second-order valence-electron chi connectivity index (χ2n) is 5.16. The smallest absolute Gasteiger partial charge is 0.186 e. The number of nitrogens with zero attached hydrogens (tertiary/aromatic N) is 1. The molecule has 94 valence electrons. The molecule has 0 spiro atoms. The molecular formula is C14H21NOS. The van der Waals surface area contributed by atoms with Crippen LogP contribution in [0.2, 0.25) is 0 Å². The quantitative estimate of drug-likeness (QED) is 0.766. The van der Waals surface area contributed by atoms with Gasteiger partial charge in [0, 0.05) is 17.5 Å². The number of aryl methyl sites for hydroxylation is 1. The van der Waals surface area contributed by atoms with Crippen LogP contribution in [-0.2, 0) is 6.42 Å². The molecule has 1 aliphatic rings. The maximum atomic E-state index is 12.2. The van der Waals surface area contributed by atoms with Crippen molar-refractivity contribution < 1.29 is 4.79 Å². The Morgan fingerprint density at radius 3 is 2.76 bits per heavy atom. The lowest BCUT2D eigenvalue weighted by Gasteiger charge is -2.19. The lowest BCUT2D eigenvalue weighted by molar-refractivity contribution is 0.0929. The van der Waals surface area contributed by atoms with E-state index < -0.39 is 0 Å². The molecule has 0 bridgehead atoms. The summed E-state index contributed by atoms with van der Waals surface area (Å²) in [6.45, 7) is 8.28. The normalized spacial score (nSPS) is 25.4. The molecular weight excluding hydrogens is 230 g/mol. The Bertz CT molecular complexity index is 399. The van der Waals surface area contributed by atoms with Gasteiger partial charge in [-0.3, -0.25) is 9.69 Å². The van der Waals surface area contributed by atoms with Gasteiger partial charge in [-0.05, 0) is 37.8 Å². The minimum Gasteiger partial charge on any atom is -0.293 e. The third kappa shape index (κ3) is 2.96. The van der Waals surface area contributed by atoms with Crippen LogP contribution in [0.25, 0.3) is 0 Å². The Hall–Kier alpha value is -0.670. The van der Waals surface area contributed by atoms with Gasteiger partial charge in [0.1, 0.15) is 0 Å². The number of rotatable bonds is 4. The fourth-order valence-corrected chi connectivity index (χ4v) is 3.46. The zero-order valence-electron chi connectivity index (χ0n) is 10.9. The summed E-state index contributed by atoms with van der Waals surface area (Å²) in [7, 11) is 0. The maximum absolute atomic E-state index is 12.2. The van der Waals surface area contributed by atoms with Crippen LogP contribution in [0.5, 0.6) is 0 Å². The van der Waals surface area contributed by atoms with Gasteiger partial charge in [-0.15, -0.1) is 11.3 Å². The van der Waals surface area contributed by atoms with E-state index in [4.69, 9.17) is 0 Å². The van der Waals surface area contributed by atoms with Crippen molar-refractivity contribution in [2.75, 3.05) is 13.1 Å². The lowest BCUT2D eigenvalue weighted by atomic mass is 10.1. The van der Waals surface area contributed by atoms with Crippen LogP contribution in [0.1, 0.15) is 41.7 Å². The van der Waals surface area contributed by atoms with Crippen LogP contribution in [0.4, 0.5) is 0 Å². The zero-order valence-corrected chi connectivity index (χ0v) is 11.7. The predicted molar refractivity (Wildman–Crippen MR) is 72.8 cm³/mol. The first kappa shape index (κ1) is 12.8. The topological polar surface area (TPSA) is 20.3 Å². The first-order valence-corrected chi connectivity index (χ1v) is 7.27. The van der Waals surface area contributed by atoms with Crippen LogP contribution in [0, 0.1) is 5.92 Å². The Morgan fingerprint density at radius 1 is 1.47 bits per heavy atom. The first-order valence-electron chi connectivity index (χ1n) is 6.46.